The Hall–Kier alpha value is -6.52. The lowest BCUT2D eigenvalue weighted by atomic mass is 10.0. The van der Waals surface area contributed by atoms with Gasteiger partial charge in [-0.2, -0.15) is 0 Å². The molecule has 520 valence electrons. The highest BCUT2D eigenvalue weighted by Crippen LogP contribution is 2.45. The van der Waals surface area contributed by atoms with Crippen LogP contribution < -0.4 is 21.3 Å². The summed E-state index contributed by atoms with van der Waals surface area (Å²) in [6.07, 6.45) is 16.0. The van der Waals surface area contributed by atoms with Gasteiger partial charge in [0.25, 0.3) is 0 Å². The number of rotatable bonds is 26. The molecule has 10 N–H and O–H groups in total. The Balaban J connectivity index is 0.000000223. The standard InChI is InChI=1S/C18H30N2O5.2C16H26N2O5.C14H22N2O5/c1-4-7-13(18(24)25-5-2)19-11(3)16(21)20-14-9-6-8-12(14)10-15(20)17(22)23;1-4-23-16(22)10(3)17-9(2)14(19)18-12-7-5-6-11(12)8-13(18)15(20)21;1-3-5-11(15(20)21)17-9(2)14(19)18-12-7-4-6-10(12)8-13(18)16(22)23;1-7(15-8(2)13(18)19)12(17)16-10-5-3-4-9(10)6-11(16)14(20)21/h11-15,19H,4-10H2,1-3H3,(H,22,23);9-13,17H,4-8H2,1-3H3,(H,20,21);9-13,17H,3-8H2,1-2H3,(H,20,21)(H,22,23);7-11,15H,3-6H2,1-2H3,(H,18,19)(H,20,21)/t11-,12-,13-,14-,15-;2*9-,10-,11-,12-,13-;7-,8-,9-,10-,11-/m0000/s1. The summed E-state index contributed by atoms with van der Waals surface area (Å²) in [4.78, 5) is 149. The average molecular weight is 1310 g/mol. The highest BCUT2D eigenvalue weighted by Gasteiger charge is 2.54. The Morgan fingerprint density at radius 3 is 0.902 bits per heavy atom. The predicted molar refractivity (Wildman–Crippen MR) is 331 cm³/mol. The largest absolute Gasteiger partial charge is 0.480 e. The van der Waals surface area contributed by atoms with Crippen LogP contribution in [0.4, 0.5) is 0 Å². The predicted octanol–water partition coefficient (Wildman–Crippen LogP) is 3.68. The molecule has 20 atom stereocenters. The van der Waals surface area contributed by atoms with E-state index in [9.17, 15) is 83.1 Å². The molecule has 0 aromatic rings. The summed E-state index contributed by atoms with van der Waals surface area (Å²) in [5.41, 5.74) is 0. The van der Waals surface area contributed by atoms with Gasteiger partial charge in [0.1, 0.15) is 48.3 Å². The van der Waals surface area contributed by atoms with Gasteiger partial charge in [0, 0.05) is 24.2 Å². The van der Waals surface area contributed by atoms with E-state index in [0.717, 1.165) is 83.5 Å². The van der Waals surface area contributed by atoms with Gasteiger partial charge in [0.2, 0.25) is 23.6 Å². The molecule has 0 aromatic heterocycles. The van der Waals surface area contributed by atoms with Crippen molar-refractivity contribution < 1.29 is 97.6 Å². The Kier molecular flexibility index (Phi) is 29.1. The second-order valence-electron chi connectivity index (χ2n) is 26.2. The number of hydrogen-bond acceptors (Lipinski definition) is 18. The molecule has 0 unspecified atom stereocenters. The van der Waals surface area contributed by atoms with Crippen LogP contribution in [0.15, 0.2) is 0 Å². The summed E-state index contributed by atoms with van der Waals surface area (Å²) in [5.74, 6) is -6.62. The minimum atomic E-state index is -1.04. The molecule has 0 spiro atoms. The van der Waals surface area contributed by atoms with Gasteiger partial charge < -0.3 is 59.7 Å². The highest BCUT2D eigenvalue weighted by atomic mass is 16.5. The first kappa shape index (κ1) is 76.2. The van der Waals surface area contributed by atoms with Crippen LogP contribution in [0.25, 0.3) is 0 Å². The first-order chi connectivity index (χ1) is 43.4. The lowest BCUT2D eigenvalue weighted by molar-refractivity contribution is -0.151. The number of aliphatic carboxylic acids is 6. The SMILES string of the molecule is CCC[C@H](N[C@@H](C)C(=O)N1[C@H](C(=O)O)C[C@@H]2CCC[C@@H]21)C(=O)O.CCC[C@H](N[C@@H](C)C(=O)N1[C@H](C(=O)O)C[C@@H]2CCC[C@@H]21)C(=O)OCC.CCOC(=O)[C@H](C)N[C@@H](C)C(=O)N1[C@H](C(=O)O)C[C@@H]2CCC[C@@H]21.C[C@H](N[C@@H](C)C(=O)N1[C@H](C(=O)O)C[C@@H]2CCC[C@@H]21)C(=O)O. The Bertz CT molecular complexity index is 2610. The third kappa shape index (κ3) is 18.9. The monoisotopic (exact) mass is 1300 g/mol. The molecule has 4 saturated heterocycles. The molecule has 4 aliphatic carbocycles. The minimum Gasteiger partial charge on any atom is -0.480 e. The molecular formula is C64H104N8O20. The van der Waals surface area contributed by atoms with Crippen molar-refractivity contribution in [2.24, 2.45) is 23.7 Å². The van der Waals surface area contributed by atoms with Crippen molar-refractivity contribution in [3.8, 4) is 0 Å². The molecule has 8 rings (SSSR count). The lowest BCUT2D eigenvalue weighted by Crippen LogP contribution is -2.55. The second kappa shape index (κ2) is 35.1. The van der Waals surface area contributed by atoms with E-state index in [2.05, 4.69) is 21.3 Å². The van der Waals surface area contributed by atoms with Crippen molar-refractivity contribution in [2.75, 3.05) is 13.2 Å². The van der Waals surface area contributed by atoms with E-state index in [1.807, 2.05) is 13.8 Å². The van der Waals surface area contributed by atoms with Crippen LogP contribution in [0.5, 0.6) is 0 Å². The van der Waals surface area contributed by atoms with Crippen LogP contribution in [-0.2, 0) is 67.0 Å². The van der Waals surface area contributed by atoms with Crippen molar-refractivity contribution in [2.45, 2.75) is 294 Å². The van der Waals surface area contributed by atoms with Crippen LogP contribution in [0.3, 0.4) is 0 Å². The Morgan fingerprint density at radius 2 is 0.630 bits per heavy atom. The quantitative estimate of drug-likeness (QED) is 0.0552. The van der Waals surface area contributed by atoms with Crippen LogP contribution >= 0.6 is 0 Å². The highest BCUT2D eigenvalue weighted by molar-refractivity contribution is 5.91. The molecule has 0 bridgehead atoms. The van der Waals surface area contributed by atoms with Crippen LogP contribution in [0.2, 0.25) is 0 Å². The maximum atomic E-state index is 13.0. The van der Waals surface area contributed by atoms with E-state index >= 15 is 0 Å². The van der Waals surface area contributed by atoms with Gasteiger partial charge in [-0.3, -0.25) is 59.6 Å². The maximum absolute atomic E-state index is 13.0. The van der Waals surface area contributed by atoms with E-state index in [-0.39, 0.29) is 84.0 Å². The number of carboxylic acid groups (broad SMARTS) is 6. The average Bonchev–Trinajstić information content (AvgIpc) is 1.73. The van der Waals surface area contributed by atoms with Gasteiger partial charge >= 0.3 is 47.8 Å². The van der Waals surface area contributed by atoms with Crippen molar-refractivity contribution in [3.63, 3.8) is 0 Å². The molecule has 4 amide bonds. The number of nitrogens with one attached hydrogen (secondary N) is 4. The zero-order valence-corrected chi connectivity index (χ0v) is 55.3. The molecular weight excluding hydrogens is 1200 g/mol. The molecule has 8 fully saturated rings. The van der Waals surface area contributed by atoms with Gasteiger partial charge in [-0.05, 0) is 169 Å². The van der Waals surface area contributed by atoms with Crippen molar-refractivity contribution in [1.82, 2.24) is 40.9 Å². The summed E-state index contributed by atoms with van der Waals surface area (Å²) in [6, 6.07) is -8.51. The number of fused-ring (bicyclic) bond motifs is 4. The fraction of sp³-hybridized carbons (Fsp3) is 0.812. The van der Waals surface area contributed by atoms with Gasteiger partial charge in [-0.15, -0.1) is 0 Å². The van der Waals surface area contributed by atoms with Crippen LogP contribution in [0.1, 0.15) is 198 Å². The van der Waals surface area contributed by atoms with Gasteiger partial charge in [-0.25, -0.2) is 19.2 Å². The van der Waals surface area contributed by atoms with Gasteiger partial charge in [-0.1, -0.05) is 52.4 Å². The fourth-order valence-electron chi connectivity index (χ4n) is 15.6. The molecule has 28 heteroatoms. The minimum absolute atomic E-state index is 0.0111. The molecule has 8 aliphatic rings. The molecule has 4 heterocycles. The third-order valence-electron chi connectivity index (χ3n) is 19.9. The summed E-state index contributed by atoms with van der Waals surface area (Å²) in [6.45, 7) is 17.6. The second-order valence-corrected chi connectivity index (χ2v) is 26.2. The smallest absolute Gasteiger partial charge is 0.326 e. The van der Waals surface area contributed by atoms with Gasteiger partial charge in [0.15, 0.2) is 0 Å². The molecule has 0 radical (unpaired) electrons. The molecule has 28 nitrogen and oxygen atoms in total. The van der Waals surface area contributed by atoms with Gasteiger partial charge in [0.05, 0.1) is 37.4 Å². The number of likely N-dealkylation sites (tertiary alicyclic amines) is 4. The van der Waals surface area contributed by atoms with E-state index in [1.165, 1.54) is 21.6 Å². The first-order valence-corrected chi connectivity index (χ1v) is 33.5. The summed E-state index contributed by atoms with van der Waals surface area (Å²) < 4.78 is 9.99. The van der Waals surface area contributed by atoms with E-state index in [0.29, 0.717) is 51.6 Å². The number of nitrogens with zero attached hydrogens (tertiary/aromatic N) is 4. The zero-order valence-electron chi connectivity index (χ0n) is 55.3. The topological polar surface area (TPSA) is 406 Å². The number of amides is 4. The zero-order chi connectivity index (χ0) is 68.6. The number of carbonyl (C=O) groups excluding carboxylic acids is 6. The molecule has 0 aromatic carbocycles. The summed E-state index contributed by atoms with van der Waals surface area (Å²) in [7, 11) is 0. The lowest BCUT2D eigenvalue weighted by Gasteiger charge is -2.31. The molecule has 92 heavy (non-hydrogen) atoms. The van der Waals surface area contributed by atoms with Crippen molar-refractivity contribution in [3.05, 3.63) is 0 Å². The number of carbonyl (C=O) groups is 12. The normalized spacial score (nSPS) is 29.1. The van der Waals surface area contributed by atoms with Crippen molar-refractivity contribution in [1.29, 1.82) is 0 Å². The van der Waals surface area contributed by atoms with E-state index in [1.54, 1.807) is 53.4 Å². The van der Waals surface area contributed by atoms with E-state index in [4.69, 9.17) is 14.6 Å². The Labute approximate surface area is 539 Å². The van der Waals surface area contributed by atoms with Crippen LogP contribution in [-0.4, -0.2) is 232 Å². The maximum Gasteiger partial charge on any atom is 0.326 e. The summed E-state index contributed by atoms with van der Waals surface area (Å²) in [5, 5.41) is 67.3. The molecule has 4 aliphatic heterocycles. The Morgan fingerprint density at radius 1 is 0.359 bits per heavy atom. The summed E-state index contributed by atoms with van der Waals surface area (Å²) >= 11 is 0. The van der Waals surface area contributed by atoms with Crippen molar-refractivity contribution >= 4 is 71.4 Å². The fourth-order valence-corrected chi connectivity index (χ4v) is 15.6. The number of ether oxygens (including phenoxy) is 2. The number of hydrogen-bond donors (Lipinski definition) is 10. The number of esters is 2. The third-order valence-corrected chi connectivity index (χ3v) is 19.9. The van der Waals surface area contributed by atoms with Crippen LogP contribution in [0, 0.1) is 23.7 Å². The van der Waals surface area contributed by atoms with E-state index < -0.39 is 114 Å². The number of carboxylic acids is 6. The first-order valence-electron chi connectivity index (χ1n) is 33.5. The molecule has 4 saturated carbocycles.